The van der Waals surface area contributed by atoms with E-state index < -0.39 is 0 Å². The van der Waals surface area contributed by atoms with E-state index in [0.717, 1.165) is 37.0 Å². The molecule has 1 aromatic rings. The van der Waals surface area contributed by atoms with Crippen LogP contribution in [0.2, 0.25) is 0 Å². The highest BCUT2D eigenvalue weighted by Gasteiger charge is 1.99. The van der Waals surface area contributed by atoms with E-state index in [2.05, 4.69) is 27.5 Å². The number of aromatic nitrogens is 2. The second-order valence-corrected chi connectivity index (χ2v) is 3.33. The average Bonchev–Trinajstić information content (AvgIpc) is 2.23. The maximum absolute atomic E-state index is 5.41. The van der Waals surface area contributed by atoms with Crippen LogP contribution in [0, 0.1) is 6.92 Å². The quantitative estimate of drug-likeness (QED) is 0.651. The molecule has 5 nitrogen and oxygen atoms in total. The molecule has 0 unspecified atom stereocenters. The minimum atomic E-state index is 0.598. The molecule has 1 heterocycles. The summed E-state index contributed by atoms with van der Waals surface area (Å²) in [6.45, 7) is 6.25. The Hall–Kier alpha value is -1.36. The molecule has 4 N–H and O–H groups in total. The third-order valence-corrected chi connectivity index (χ3v) is 1.84. The number of hydrogen-bond donors (Lipinski definition) is 3. The van der Waals surface area contributed by atoms with Crippen molar-refractivity contribution in [3.8, 4) is 0 Å². The van der Waals surface area contributed by atoms with Gasteiger partial charge in [0.15, 0.2) is 0 Å². The fourth-order valence-electron chi connectivity index (χ4n) is 1.20. The summed E-state index contributed by atoms with van der Waals surface area (Å²) in [5.74, 6) is 2.45. The minimum Gasteiger partial charge on any atom is -0.370 e. The van der Waals surface area contributed by atoms with E-state index in [-0.39, 0.29) is 0 Å². The minimum absolute atomic E-state index is 0.598. The van der Waals surface area contributed by atoms with Gasteiger partial charge in [-0.25, -0.2) is 9.97 Å². The molecule has 5 heteroatoms. The molecule has 0 amide bonds. The molecule has 0 bridgehead atoms. The first-order chi connectivity index (χ1) is 7.26. The van der Waals surface area contributed by atoms with Crippen molar-refractivity contribution in [1.82, 2.24) is 9.97 Å². The predicted octanol–water partition coefficient (Wildman–Crippen LogP) is 0.978. The number of rotatable bonds is 6. The van der Waals surface area contributed by atoms with Crippen LogP contribution in [0.1, 0.15) is 19.2 Å². The number of nitrogens with one attached hydrogen (secondary N) is 2. The van der Waals surface area contributed by atoms with Crippen molar-refractivity contribution in [2.45, 2.75) is 20.3 Å². The first kappa shape index (κ1) is 11.7. The van der Waals surface area contributed by atoms with E-state index in [9.17, 15) is 0 Å². The standard InChI is InChI=1S/C10H19N5/c1-3-5-12-9-7-10(13-6-4-11)15-8(2)14-9/h7H,3-6,11H2,1-2H3,(H2,12,13,14,15). The third-order valence-electron chi connectivity index (χ3n) is 1.84. The molecule has 0 saturated heterocycles. The zero-order valence-corrected chi connectivity index (χ0v) is 9.38. The van der Waals surface area contributed by atoms with Crippen molar-refractivity contribution in [2.24, 2.45) is 5.73 Å². The Morgan fingerprint density at radius 2 is 1.80 bits per heavy atom. The van der Waals surface area contributed by atoms with E-state index in [1.165, 1.54) is 0 Å². The molecule has 0 radical (unpaired) electrons. The topological polar surface area (TPSA) is 75.9 Å². The van der Waals surface area contributed by atoms with Crippen LogP contribution in [0.3, 0.4) is 0 Å². The van der Waals surface area contributed by atoms with Crippen LogP contribution in [0.4, 0.5) is 11.6 Å². The lowest BCUT2D eigenvalue weighted by molar-refractivity contribution is 0.947. The SMILES string of the molecule is CCCNc1cc(NCCN)nc(C)n1. The van der Waals surface area contributed by atoms with E-state index in [1.807, 2.05) is 13.0 Å². The van der Waals surface area contributed by atoms with Gasteiger partial charge in [0.2, 0.25) is 0 Å². The fourth-order valence-corrected chi connectivity index (χ4v) is 1.20. The highest BCUT2D eigenvalue weighted by Crippen LogP contribution is 2.10. The van der Waals surface area contributed by atoms with Gasteiger partial charge >= 0.3 is 0 Å². The molecule has 0 aliphatic rings. The van der Waals surface area contributed by atoms with Gasteiger partial charge in [0, 0.05) is 25.7 Å². The first-order valence-electron chi connectivity index (χ1n) is 5.29. The van der Waals surface area contributed by atoms with E-state index >= 15 is 0 Å². The summed E-state index contributed by atoms with van der Waals surface area (Å²) in [6, 6.07) is 1.90. The molecule has 0 atom stereocenters. The maximum Gasteiger partial charge on any atom is 0.131 e. The summed E-state index contributed by atoms with van der Waals surface area (Å²) in [5, 5.41) is 6.37. The lowest BCUT2D eigenvalue weighted by atomic mass is 10.4. The molecular formula is C10H19N5. The van der Waals surface area contributed by atoms with Crippen molar-refractivity contribution >= 4 is 11.6 Å². The Morgan fingerprint density at radius 3 is 2.33 bits per heavy atom. The van der Waals surface area contributed by atoms with Gasteiger partial charge in [-0.3, -0.25) is 0 Å². The Morgan fingerprint density at radius 1 is 1.20 bits per heavy atom. The summed E-state index contributed by atoms with van der Waals surface area (Å²) in [6.07, 6.45) is 1.08. The van der Waals surface area contributed by atoms with Gasteiger partial charge in [0.25, 0.3) is 0 Å². The van der Waals surface area contributed by atoms with Gasteiger partial charge in [0.1, 0.15) is 17.5 Å². The fraction of sp³-hybridized carbons (Fsp3) is 0.600. The second-order valence-electron chi connectivity index (χ2n) is 3.33. The average molecular weight is 209 g/mol. The normalized spacial score (nSPS) is 10.1. The van der Waals surface area contributed by atoms with Crippen LogP contribution in [0.25, 0.3) is 0 Å². The zero-order chi connectivity index (χ0) is 11.1. The van der Waals surface area contributed by atoms with Crippen LogP contribution >= 0.6 is 0 Å². The summed E-state index contributed by atoms with van der Waals surface area (Å²) >= 11 is 0. The Balaban J connectivity index is 2.66. The predicted molar refractivity (Wildman–Crippen MR) is 63.1 cm³/mol. The highest BCUT2D eigenvalue weighted by molar-refractivity contribution is 5.47. The molecule has 1 aromatic heterocycles. The number of nitrogens with zero attached hydrogens (tertiary/aromatic N) is 2. The van der Waals surface area contributed by atoms with Crippen LogP contribution in [-0.2, 0) is 0 Å². The molecule has 0 aromatic carbocycles. The van der Waals surface area contributed by atoms with Crippen LogP contribution in [0.5, 0.6) is 0 Å². The number of hydrogen-bond acceptors (Lipinski definition) is 5. The van der Waals surface area contributed by atoms with Crippen molar-refractivity contribution in [3.63, 3.8) is 0 Å². The molecule has 84 valence electrons. The largest absolute Gasteiger partial charge is 0.370 e. The summed E-state index contributed by atoms with van der Waals surface area (Å²) in [7, 11) is 0. The van der Waals surface area contributed by atoms with Crippen molar-refractivity contribution < 1.29 is 0 Å². The highest BCUT2D eigenvalue weighted by atomic mass is 15.1. The smallest absolute Gasteiger partial charge is 0.131 e. The van der Waals surface area contributed by atoms with Crippen LogP contribution in [0.15, 0.2) is 6.07 Å². The Labute approximate surface area is 90.5 Å². The lowest BCUT2D eigenvalue weighted by Gasteiger charge is -2.08. The summed E-state index contributed by atoms with van der Waals surface area (Å²) in [5.41, 5.74) is 5.41. The van der Waals surface area contributed by atoms with Gasteiger partial charge in [-0.15, -0.1) is 0 Å². The maximum atomic E-state index is 5.41. The molecule has 1 rings (SSSR count). The van der Waals surface area contributed by atoms with Gasteiger partial charge < -0.3 is 16.4 Å². The molecule has 15 heavy (non-hydrogen) atoms. The number of anilines is 2. The van der Waals surface area contributed by atoms with Gasteiger partial charge in [0.05, 0.1) is 0 Å². The summed E-state index contributed by atoms with van der Waals surface area (Å²) in [4.78, 5) is 8.55. The van der Waals surface area contributed by atoms with Crippen molar-refractivity contribution in [2.75, 3.05) is 30.3 Å². The van der Waals surface area contributed by atoms with E-state index in [0.29, 0.717) is 6.54 Å². The molecular weight excluding hydrogens is 190 g/mol. The van der Waals surface area contributed by atoms with Crippen LogP contribution < -0.4 is 16.4 Å². The van der Waals surface area contributed by atoms with Crippen molar-refractivity contribution in [1.29, 1.82) is 0 Å². The van der Waals surface area contributed by atoms with Crippen molar-refractivity contribution in [3.05, 3.63) is 11.9 Å². The van der Waals surface area contributed by atoms with E-state index in [1.54, 1.807) is 0 Å². The monoisotopic (exact) mass is 209 g/mol. The molecule has 0 aliphatic carbocycles. The Kier molecular flexibility index (Phi) is 4.83. The number of nitrogens with two attached hydrogens (primary N) is 1. The van der Waals surface area contributed by atoms with Gasteiger partial charge in [-0.1, -0.05) is 6.92 Å². The zero-order valence-electron chi connectivity index (χ0n) is 9.38. The molecule has 0 spiro atoms. The first-order valence-corrected chi connectivity index (χ1v) is 5.29. The third kappa shape index (κ3) is 4.12. The lowest BCUT2D eigenvalue weighted by Crippen LogP contribution is -2.15. The molecule has 0 fully saturated rings. The van der Waals surface area contributed by atoms with Gasteiger partial charge in [-0.05, 0) is 13.3 Å². The van der Waals surface area contributed by atoms with Crippen LogP contribution in [-0.4, -0.2) is 29.6 Å². The molecule has 0 saturated carbocycles. The summed E-state index contributed by atoms with van der Waals surface area (Å²) < 4.78 is 0. The Bertz CT molecular complexity index is 274. The number of aryl methyl sites for hydroxylation is 1. The van der Waals surface area contributed by atoms with E-state index in [4.69, 9.17) is 5.73 Å². The van der Waals surface area contributed by atoms with Gasteiger partial charge in [-0.2, -0.15) is 0 Å². The second kappa shape index (κ2) is 6.19. The molecule has 0 aliphatic heterocycles.